The number of halogens is 1. The third kappa shape index (κ3) is 3.46. The van der Waals surface area contributed by atoms with Crippen LogP contribution in [-0.4, -0.2) is 10.8 Å². The van der Waals surface area contributed by atoms with Crippen molar-refractivity contribution in [1.82, 2.24) is 0 Å². The van der Waals surface area contributed by atoms with Crippen LogP contribution in [0.4, 0.5) is 11.4 Å². The molecule has 0 fully saturated rings. The van der Waals surface area contributed by atoms with Gasteiger partial charge in [0.05, 0.1) is 4.92 Å². The van der Waals surface area contributed by atoms with Gasteiger partial charge in [0.1, 0.15) is 5.56 Å². The molecule has 6 heteroatoms. The van der Waals surface area contributed by atoms with Crippen molar-refractivity contribution in [1.29, 1.82) is 0 Å². The van der Waals surface area contributed by atoms with E-state index >= 15 is 0 Å². The lowest BCUT2D eigenvalue weighted by Crippen LogP contribution is -2.15. The van der Waals surface area contributed by atoms with E-state index in [4.69, 9.17) is 0 Å². The van der Waals surface area contributed by atoms with Crippen LogP contribution in [0.25, 0.3) is 0 Å². The average Bonchev–Trinajstić information content (AvgIpc) is 2.48. The minimum atomic E-state index is -0.558. The second kappa shape index (κ2) is 6.49. The van der Waals surface area contributed by atoms with Gasteiger partial charge in [-0.3, -0.25) is 14.9 Å². The Morgan fingerprint density at radius 3 is 2.67 bits per heavy atom. The number of carbonyl (C=O) groups is 1. The van der Waals surface area contributed by atoms with Gasteiger partial charge < -0.3 is 5.32 Å². The molecule has 0 saturated heterocycles. The van der Waals surface area contributed by atoms with Crippen LogP contribution >= 0.6 is 15.9 Å². The molecule has 0 saturated carbocycles. The van der Waals surface area contributed by atoms with Gasteiger partial charge >= 0.3 is 0 Å². The Morgan fingerprint density at radius 2 is 2.00 bits per heavy atom. The molecule has 0 spiro atoms. The van der Waals surface area contributed by atoms with E-state index in [1.807, 2.05) is 19.1 Å². The van der Waals surface area contributed by atoms with E-state index < -0.39 is 10.8 Å². The number of nitrogens with one attached hydrogen (secondary N) is 1. The number of anilines is 1. The average molecular weight is 349 g/mol. The van der Waals surface area contributed by atoms with Gasteiger partial charge in [-0.25, -0.2) is 0 Å². The molecule has 0 radical (unpaired) electrons. The molecule has 1 N–H and O–H groups in total. The molecule has 0 unspecified atom stereocenters. The Kier molecular flexibility index (Phi) is 4.70. The molecule has 2 aromatic carbocycles. The van der Waals surface area contributed by atoms with Gasteiger partial charge in [0.15, 0.2) is 0 Å². The number of hydrogen-bond donors (Lipinski definition) is 1. The largest absolute Gasteiger partial charge is 0.322 e. The van der Waals surface area contributed by atoms with Crippen LogP contribution in [0.2, 0.25) is 0 Å². The van der Waals surface area contributed by atoms with E-state index in [1.54, 1.807) is 12.1 Å². The van der Waals surface area contributed by atoms with E-state index in [2.05, 4.69) is 21.2 Å². The van der Waals surface area contributed by atoms with Crippen molar-refractivity contribution >= 4 is 33.2 Å². The Morgan fingerprint density at radius 1 is 1.29 bits per heavy atom. The summed E-state index contributed by atoms with van der Waals surface area (Å²) in [6.45, 7) is 1.97. The van der Waals surface area contributed by atoms with Crippen molar-refractivity contribution in [2.45, 2.75) is 13.3 Å². The summed E-state index contributed by atoms with van der Waals surface area (Å²) in [5.41, 5.74) is 1.46. The molecule has 0 atom stereocenters. The lowest BCUT2D eigenvalue weighted by atomic mass is 10.1. The van der Waals surface area contributed by atoms with Crippen molar-refractivity contribution in [3.63, 3.8) is 0 Å². The Hall–Kier alpha value is -2.21. The number of nitro groups is 1. The van der Waals surface area contributed by atoms with E-state index in [0.29, 0.717) is 5.69 Å². The molecular formula is C15H13BrN2O3. The maximum Gasteiger partial charge on any atom is 0.282 e. The third-order valence-corrected chi connectivity index (χ3v) is 3.54. The lowest BCUT2D eigenvalue weighted by Gasteiger charge is -2.10. The van der Waals surface area contributed by atoms with Gasteiger partial charge in [-0.15, -0.1) is 0 Å². The summed E-state index contributed by atoms with van der Waals surface area (Å²) in [7, 11) is 0. The quantitative estimate of drug-likeness (QED) is 0.665. The maximum absolute atomic E-state index is 12.3. The summed E-state index contributed by atoms with van der Waals surface area (Å²) in [6, 6.07) is 11.4. The summed E-state index contributed by atoms with van der Waals surface area (Å²) >= 11 is 3.38. The van der Waals surface area contributed by atoms with Gasteiger partial charge in [-0.2, -0.15) is 0 Å². The number of para-hydroxylation sites is 1. The standard InChI is InChI=1S/C15H13BrN2O3/c1-2-10-9-11(16)7-8-13(10)17-15(19)12-5-3-4-6-14(12)18(20)21/h3-9H,2H2,1H3,(H,17,19). The molecule has 5 nitrogen and oxygen atoms in total. The first-order valence-electron chi connectivity index (χ1n) is 6.36. The molecule has 2 aromatic rings. The molecule has 0 aliphatic rings. The fraction of sp³-hybridized carbons (Fsp3) is 0.133. The van der Waals surface area contributed by atoms with Crippen LogP contribution in [0.5, 0.6) is 0 Å². The first-order chi connectivity index (χ1) is 10.0. The first kappa shape index (κ1) is 15.2. The fourth-order valence-corrected chi connectivity index (χ4v) is 2.40. The van der Waals surface area contributed by atoms with E-state index in [9.17, 15) is 14.9 Å². The SMILES string of the molecule is CCc1cc(Br)ccc1NC(=O)c1ccccc1[N+](=O)[O-]. The number of rotatable bonds is 4. The summed E-state index contributed by atoms with van der Waals surface area (Å²) in [5.74, 6) is -0.487. The first-order valence-corrected chi connectivity index (χ1v) is 7.15. The molecule has 0 aliphatic heterocycles. The van der Waals surface area contributed by atoms with Crippen molar-refractivity contribution in [3.8, 4) is 0 Å². The number of hydrogen-bond acceptors (Lipinski definition) is 3. The number of carbonyl (C=O) groups excluding carboxylic acids is 1. The lowest BCUT2D eigenvalue weighted by molar-refractivity contribution is -0.385. The number of nitrogens with zero attached hydrogens (tertiary/aromatic N) is 1. The molecule has 21 heavy (non-hydrogen) atoms. The molecule has 0 aromatic heterocycles. The monoisotopic (exact) mass is 348 g/mol. The van der Waals surface area contributed by atoms with Gasteiger partial charge in [0, 0.05) is 16.2 Å². The zero-order valence-electron chi connectivity index (χ0n) is 11.3. The second-order valence-electron chi connectivity index (χ2n) is 4.38. The predicted molar refractivity (Wildman–Crippen MR) is 84.6 cm³/mol. The molecular weight excluding hydrogens is 336 g/mol. The Bertz CT molecular complexity index is 701. The predicted octanol–water partition coefficient (Wildman–Crippen LogP) is 4.17. The Balaban J connectivity index is 2.33. The minimum Gasteiger partial charge on any atom is -0.322 e. The highest BCUT2D eigenvalue weighted by Crippen LogP contribution is 2.24. The number of aryl methyl sites for hydroxylation is 1. The minimum absolute atomic E-state index is 0.0486. The molecule has 2 rings (SSSR count). The van der Waals surface area contributed by atoms with E-state index in [-0.39, 0.29) is 11.3 Å². The highest BCUT2D eigenvalue weighted by atomic mass is 79.9. The van der Waals surface area contributed by atoms with E-state index in [0.717, 1.165) is 16.5 Å². The molecule has 0 bridgehead atoms. The van der Waals surface area contributed by atoms with Crippen LogP contribution in [0.3, 0.4) is 0 Å². The van der Waals surface area contributed by atoms with Crippen LogP contribution in [-0.2, 0) is 6.42 Å². The Labute approximate surface area is 130 Å². The zero-order chi connectivity index (χ0) is 15.4. The molecule has 0 aliphatic carbocycles. The summed E-state index contributed by atoms with van der Waals surface area (Å²) < 4.78 is 0.919. The van der Waals surface area contributed by atoms with Gasteiger partial charge in [-0.05, 0) is 36.2 Å². The smallest absolute Gasteiger partial charge is 0.282 e. The van der Waals surface area contributed by atoms with Gasteiger partial charge in [0.25, 0.3) is 11.6 Å². The number of benzene rings is 2. The van der Waals surface area contributed by atoms with Crippen LogP contribution in [0.15, 0.2) is 46.9 Å². The van der Waals surface area contributed by atoms with Crippen LogP contribution in [0, 0.1) is 10.1 Å². The number of amides is 1. The van der Waals surface area contributed by atoms with Crippen LogP contribution in [0.1, 0.15) is 22.8 Å². The zero-order valence-corrected chi connectivity index (χ0v) is 12.9. The topological polar surface area (TPSA) is 72.2 Å². The van der Waals surface area contributed by atoms with Crippen LogP contribution < -0.4 is 5.32 Å². The summed E-state index contributed by atoms with van der Waals surface area (Å²) in [4.78, 5) is 22.7. The van der Waals surface area contributed by atoms with Crippen molar-refractivity contribution in [2.24, 2.45) is 0 Å². The third-order valence-electron chi connectivity index (χ3n) is 3.04. The van der Waals surface area contributed by atoms with Crippen molar-refractivity contribution < 1.29 is 9.72 Å². The normalized spacial score (nSPS) is 10.2. The van der Waals surface area contributed by atoms with Crippen molar-refractivity contribution in [3.05, 3.63) is 68.2 Å². The fourth-order valence-electron chi connectivity index (χ4n) is 1.99. The van der Waals surface area contributed by atoms with Gasteiger partial charge in [-0.1, -0.05) is 35.0 Å². The van der Waals surface area contributed by atoms with E-state index in [1.165, 1.54) is 18.2 Å². The molecule has 1 amide bonds. The van der Waals surface area contributed by atoms with Gasteiger partial charge in [0.2, 0.25) is 0 Å². The highest BCUT2D eigenvalue weighted by Gasteiger charge is 2.19. The summed E-state index contributed by atoms with van der Waals surface area (Å²) in [5, 5.41) is 13.7. The number of nitro benzene ring substituents is 1. The highest BCUT2D eigenvalue weighted by molar-refractivity contribution is 9.10. The van der Waals surface area contributed by atoms with Crippen molar-refractivity contribution in [2.75, 3.05) is 5.32 Å². The summed E-state index contributed by atoms with van der Waals surface area (Å²) in [6.07, 6.45) is 0.742. The maximum atomic E-state index is 12.3. The second-order valence-corrected chi connectivity index (χ2v) is 5.30. The molecule has 0 heterocycles. The molecule has 108 valence electrons.